The van der Waals surface area contributed by atoms with Crippen molar-refractivity contribution in [1.82, 2.24) is 0 Å². The molecule has 0 heterocycles. The second kappa shape index (κ2) is 5.69. The second-order valence-electron chi connectivity index (χ2n) is 4.35. The summed E-state index contributed by atoms with van der Waals surface area (Å²) < 4.78 is 27.0. The SMILES string of the molecule is CN(C(=O)Cc1c(F)cccc1F)c1cccc(O)c1. The molecular formula is C15H13F2NO2. The number of nitrogens with zero attached hydrogens (tertiary/aromatic N) is 1. The molecule has 104 valence electrons. The van der Waals surface area contributed by atoms with Crippen LogP contribution in [-0.2, 0) is 11.2 Å². The van der Waals surface area contributed by atoms with Crippen LogP contribution in [-0.4, -0.2) is 18.1 Å². The Balaban J connectivity index is 2.20. The highest BCUT2D eigenvalue weighted by Crippen LogP contribution is 2.20. The number of likely N-dealkylation sites (N-methyl/N-ethyl adjacent to an activating group) is 1. The highest BCUT2D eigenvalue weighted by Gasteiger charge is 2.17. The van der Waals surface area contributed by atoms with E-state index >= 15 is 0 Å². The molecule has 2 aromatic carbocycles. The summed E-state index contributed by atoms with van der Waals surface area (Å²) in [6.45, 7) is 0. The predicted octanol–water partition coefficient (Wildman–Crippen LogP) is 2.88. The topological polar surface area (TPSA) is 40.5 Å². The highest BCUT2D eigenvalue weighted by molar-refractivity contribution is 5.94. The number of amides is 1. The number of rotatable bonds is 3. The summed E-state index contributed by atoms with van der Waals surface area (Å²) in [4.78, 5) is 13.3. The van der Waals surface area contributed by atoms with Crippen LogP contribution in [0.2, 0.25) is 0 Å². The molecule has 0 radical (unpaired) electrons. The number of carbonyl (C=O) groups excluding carboxylic acids is 1. The fraction of sp³-hybridized carbons (Fsp3) is 0.133. The molecule has 0 saturated carbocycles. The fourth-order valence-corrected chi connectivity index (χ4v) is 1.82. The lowest BCUT2D eigenvalue weighted by atomic mass is 10.1. The largest absolute Gasteiger partial charge is 0.508 e. The molecule has 3 nitrogen and oxygen atoms in total. The van der Waals surface area contributed by atoms with Crippen molar-refractivity contribution in [2.75, 3.05) is 11.9 Å². The average Bonchev–Trinajstić information content (AvgIpc) is 2.42. The number of hydrogen-bond donors (Lipinski definition) is 1. The van der Waals surface area contributed by atoms with Gasteiger partial charge >= 0.3 is 0 Å². The summed E-state index contributed by atoms with van der Waals surface area (Å²) in [5.41, 5.74) is 0.191. The van der Waals surface area contributed by atoms with E-state index in [1.54, 1.807) is 12.1 Å². The smallest absolute Gasteiger partial charge is 0.231 e. The first-order chi connectivity index (χ1) is 9.49. The minimum absolute atomic E-state index is 0.0132. The molecule has 2 rings (SSSR count). The molecule has 0 aliphatic rings. The van der Waals surface area contributed by atoms with Crippen LogP contribution in [0.25, 0.3) is 0 Å². The Morgan fingerprint density at radius 1 is 1.15 bits per heavy atom. The number of phenolic OH excluding ortho intramolecular Hbond substituents is 1. The second-order valence-corrected chi connectivity index (χ2v) is 4.35. The minimum Gasteiger partial charge on any atom is -0.508 e. The minimum atomic E-state index is -0.748. The van der Waals surface area contributed by atoms with Crippen LogP contribution < -0.4 is 4.90 Å². The van der Waals surface area contributed by atoms with Gasteiger partial charge in [0, 0.05) is 24.4 Å². The van der Waals surface area contributed by atoms with Gasteiger partial charge < -0.3 is 10.0 Å². The van der Waals surface area contributed by atoms with Gasteiger partial charge in [0.1, 0.15) is 17.4 Å². The summed E-state index contributed by atoms with van der Waals surface area (Å²) in [6, 6.07) is 9.54. The fourth-order valence-electron chi connectivity index (χ4n) is 1.82. The van der Waals surface area contributed by atoms with Gasteiger partial charge in [0.05, 0.1) is 6.42 Å². The highest BCUT2D eigenvalue weighted by atomic mass is 19.1. The summed E-state index contributed by atoms with van der Waals surface area (Å²) >= 11 is 0. The Hall–Kier alpha value is -2.43. The van der Waals surface area contributed by atoms with Gasteiger partial charge in [0.15, 0.2) is 0 Å². The van der Waals surface area contributed by atoms with Crippen molar-refractivity contribution >= 4 is 11.6 Å². The summed E-state index contributed by atoms with van der Waals surface area (Å²) in [7, 11) is 1.48. The van der Waals surface area contributed by atoms with Crippen LogP contribution in [0.1, 0.15) is 5.56 Å². The zero-order chi connectivity index (χ0) is 14.7. The van der Waals surface area contributed by atoms with E-state index in [-0.39, 0.29) is 17.7 Å². The molecule has 0 spiro atoms. The quantitative estimate of drug-likeness (QED) is 0.937. The third kappa shape index (κ3) is 2.93. The van der Waals surface area contributed by atoms with Gasteiger partial charge in [0.2, 0.25) is 5.91 Å². The van der Waals surface area contributed by atoms with Crippen LogP contribution in [0.3, 0.4) is 0 Å². The maximum atomic E-state index is 13.5. The van der Waals surface area contributed by atoms with E-state index in [0.717, 1.165) is 12.1 Å². The van der Waals surface area contributed by atoms with Crippen molar-refractivity contribution < 1.29 is 18.7 Å². The number of carbonyl (C=O) groups is 1. The zero-order valence-electron chi connectivity index (χ0n) is 10.8. The maximum absolute atomic E-state index is 13.5. The van der Waals surface area contributed by atoms with Gasteiger partial charge in [-0.15, -0.1) is 0 Å². The van der Waals surface area contributed by atoms with Gasteiger partial charge in [-0.3, -0.25) is 4.79 Å². The van der Waals surface area contributed by atoms with E-state index in [9.17, 15) is 18.7 Å². The van der Waals surface area contributed by atoms with Crippen LogP contribution in [0.15, 0.2) is 42.5 Å². The van der Waals surface area contributed by atoms with E-state index in [1.165, 1.54) is 30.1 Å². The van der Waals surface area contributed by atoms with Gasteiger partial charge in [-0.1, -0.05) is 12.1 Å². The van der Waals surface area contributed by atoms with E-state index in [4.69, 9.17) is 0 Å². The normalized spacial score (nSPS) is 10.3. The molecule has 2 aromatic rings. The Labute approximate surface area is 115 Å². The first-order valence-corrected chi connectivity index (χ1v) is 5.97. The summed E-state index contributed by atoms with van der Waals surface area (Å²) in [6.07, 6.45) is -0.384. The number of phenols is 1. The maximum Gasteiger partial charge on any atom is 0.231 e. The molecule has 0 saturated heterocycles. The molecule has 0 aliphatic heterocycles. The van der Waals surface area contributed by atoms with Crippen molar-refractivity contribution in [2.24, 2.45) is 0 Å². The third-order valence-electron chi connectivity index (χ3n) is 2.98. The summed E-state index contributed by atoms with van der Waals surface area (Å²) in [5, 5.41) is 9.36. The molecule has 5 heteroatoms. The van der Waals surface area contributed by atoms with Gasteiger partial charge in [-0.05, 0) is 24.3 Å². The molecule has 1 N–H and O–H groups in total. The number of benzene rings is 2. The monoisotopic (exact) mass is 277 g/mol. The molecule has 1 amide bonds. The lowest BCUT2D eigenvalue weighted by molar-refractivity contribution is -0.117. The van der Waals surface area contributed by atoms with Crippen LogP contribution in [0.5, 0.6) is 5.75 Å². The van der Waals surface area contributed by atoms with Gasteiger partial charge in [-0.2, -0.15) is 0 Å². The van der Waals surface area contributed by atoms with Crippen molar-refractivity contribution in [2.45, 2.75) is 6.42 Å². The molecule has 0 unspecified atom stereocenters. The molecule has 0 atom stereocenters. The van der Waals surface area contributed by atoms with E-state index < -0.39 is 17.5 Å². The van der Waals surface area contributed by atoms with Crippen molar-refractivity contribution in [3.8, 4) is 5.75 Å². The first kappa shape index (κ1) is 14.0. The number of aromatic hydroxyl groups is 1. The van der Waals surface area contributed by atoms with Crippen LogP contribution >= 0.6 is 0 Å². The molecule has 0 aromatic heterocycles. The molecule has 0 bridgehead atoms. The Bertz CT molecular complexity index is 623. The number of halogens is 2. The van der Waals surface area contributed by atoms with Crippen LogP contribution in [0, 0.1) is 11.6 Å². The van der Waals surface area contributed by atoms with E-state index in [0.29, 0.717) is 5.69 Å². The third-order valence-corrected chi connectivity index (χ3v) is 2.98. The number of anilines is 1. The van der Waals surface area contributed by atoms with Crippen molar-refractivity contribution in [3.63, 3.8) is 0 Å². The Morgan fingerprint density at radius 3 is 2.35 bits per heavy atom. The molecule has 0 aliphatic carbocycles. The first-order valence-electron chi connectivity index (χ1n) is 5.97. The standard InChI is InChI=1S/C15H13F2NO2/c1-18(10-4-2-5-11(19)8-10)15(20)9-12-13(16)6-3-7-14(12)17/h2-8,19H,9H2,1H3. The van der Waals surface area contributed by atoms with Crippen LogP contribution in [0.4, 0.5) is 14.5 Å². The molecular weight excluding hydrogens is 264 g/mol. The molecule has 20 heavy (non-hydrogen) atoms. The Kier molecular flexibility index (Phi) is 3.98. The predicted molar refractivity (Wildman–Crippen MR) is 71.6 cm³/mol. The average molecular weight is 277 g/mol. The van der Waals surface area contributed by atoms with Gasteiger partial charge in [0.25, 0.3) is 0 Å². The Morgan fingerprint density at radius 2 is 1.75 bits per heavy atom. The summed E-state index contributed by atoms with van der Waals surface area (Å²) in [5.74, 6) is -1.95. The van der Waals surface area contributed by atoms with Crippen molar-refractivity contribution in [3.05, 3.63) is 59.7 Å². The molecule has 0 fully saturated rings. The lowest BCUT2D eigenvalue weighted by Gasteiger charge is -2.18. The van der Waals surface area contributed by atoms with E-state index in [2.05, 4.69) is 0 Å². The van der Waals surface area contributed by atoms with Crippen molar-refractivity contribution in [1.29, 1.82) is 0 Å². The lowest BCUT2D eigenvalue weighted by Crippen LogP contribution is -2.28. The van der Waals surface area contributed by atoms with E-state index in [1.807, 2.05) is 0 Å². The zero-order valence-corrected chi connectivity index (χ0v) is 10.8. The number of hydrogen-bond acceptors (Lipinski definition) is 2. The van der Waals surface area contributed by atoms with Gasteiger partial charge in [-0.25, -0.2) is 8.78 Å².